The van der Waals surface area contributed by atoms with E-state index in [1.54, 1.807) is 0 Å². The van der Waals surface area contributed by atoms with Gasteiger partial charge < -0.3 is 10.1 Å². The number of hydrogen-bond acceptors (Lipinski definition) is 2. The van der Waals surface area contributed by atoms with Crippen molar-refractivity contribution in [1.82, 2.24) is 5.32 Å². The molecule has 2 unspecified atom stereocenters. The zero-order valence-corrected chi connectivity index (χ0v) is 10.1. The zero-order valence-electron chi connectivity index (χ0n) is 10.1. The van der Waals surface area contributed by atoms with Gasteiger partial charge >= 0.3 is 6.09 Å². The molecular formula is C12H23NO2. The van der Waals surface area contributed by atoms with Gasteiger partial charge in [-0.2, -0.15) is 0 Å². The molecule has 1 N–H and O–H groups in total. The molecule has 0 heterocycles. The summed E-state index contributed by atoms with van der Waals surface area (Å²) in [6, 6.07) is 0. The monoisotopic (exact) mass is 213 g/mol. The molecule has 0 spiro atoms. The molecule has 1 fully saturated rings. The van der Waals surface area contributed by atoms with Gasteiger partial charge in [0.15, 0.2) is 0 Å². The van der Waals surface area contributed by atoms with E-state index in [4.69, 9.17) is 4.74 Å². The maximum Gasteiger partial charge on any atom is 0.407 e. The molecule has 1 rings (SSSR count). The van der Waals surface area contributed by atoms with Crippen molar-refractivity contribution >= 4 is 6.09 Å². The Morgan fingerprint density at radius 2 is 2.20 bits per heavy atom. The number of ether oxygens (including phenoxy) is 1. The second-order valence-corrected chi connectivity index (χ2v) is 4.97. The van der Waals surface area contributed by atoms with Crippen LogP contribution in [0.4, 0.5) is 4.79 Å². The lowest BCUT2D eigenvalue weighted by molar-refractivity contribution is 0.112. The standard InChI is InChI=1S/C12H23NO2/c1-9(2)15-12(14)13-8-11-6-4-5-10(3)7-11/h9-11H,4-8H2,1-3H3,(H,13,14). The van der Waals surface area contributed by atoms with Gasteiger partial charge in [0.25, 0.3) is 0 Å². The zero-order chi connectivity index (χ0) is 11.3. The summed E-state index contributed by atoms with van der Waals surface area (Å²) >= 11 is 0. The van der Waals surface area contributed by atoms with Crippen LogP contribution in [0.5, 0.6) is 0 Å². The number of carbonyl (C=O) groups excluding carboxylic acids is 1. The number of rotatable bonds is 3. The SMILES string of the molecule is CC1CCCC(CNC(=O)OC(C)C)C1. The summed E-state index contributed by atoms with van der Waals surface area (Å²) in [6.07, 6.45) is 4.81. The normalized spacial score (nSPS) is 26.4. The van der Waals surface area contributed by atoms with Crippen LogP contribution in [-0.4, -0.2) is 18.7 Å². The fourth-order valence-electron chi connectivity index (χ4n) is 2.23. The van der Waals surface area contributed by atoms with Crippen LogP contribution < -0.4 is 5.32 Å². The first-order valence-corrected chi connectivity index (χ1v) is 6.02. The second kappa shape index (κ2) is 5.99. The highest BCUT2D eigenvalue weighted by Crippen LogP contribution is 2.27. The molecule has 1 aliphatic rings. The van der Waals surface area contributed by atoms with Gasteiger partial charge in [-0.05, 0) is 38.5 Å². The first kappa shape index (κ1) is 12.3. The number of nitrogens with one attached hydrogen (secondary N) is 1. The van der Waals surface area contributed by atoms with Crippen molar-refractivity contribution in [3.05, 3.63) is 0 Å². The van der Waals surface area contributed by atoms with E-state index in [0.717, 1.165) is 12.5 Å². The second-order valence-electron chi connectivity index (χ2n) is 4.97. The summed E-state index contributed by atoms with van der Waals surface area (Å²) < 4.78 is 5.02. The molecule has 0 aromatic carbocycles. The van der Waals surface area contributed by atoms with Crippen LogP contribution in [0.1, 0.15) is 46.5 Å². The number of carbonyl (C=O) groups is 1. The van der Waals surface area contributed by atoms with Gasteiger partial charge in [0.1, 0.15) is 0 Å². The summed E-state index contributed by atoms with van der Waals surface area (Å²) in [6.45, 7) is 6.79. The molecule has 2 atom stereocenters. The maximum absolute atomic E-state index is 11.2. The minimum absolute atomic E-state index is 0.0321. The van der Waals surface area contributed by atoms with E-state index in [-0.39, 0.29) is 12.2 Å². The van der Waals surface area contributed by atoms with Gasteiger partial charge in [0.2, 0.25) is 0 Å². The Bertz CT molecular complexity index is 204. The number of amides is 1. The molecule has 0 aliphatic heterocycles. The van der Waals surface area contributed by atoms with Crippen LogP contribution in [0.3, 0.4) is 0 Å². The Morgan fingerprint density at radius 3 is 2.80 bits per heavy atom. The lowest BCUT2D eigenvalue weighted by atomic mass is 9.82. The summed E-state index contributed by atoms with van der Waals surface area (Å²) in [7, 11) is 0. The Hall–Kier alpha value is -0.730. The molecule has 0 saturated heterocycles. The molecular weight excluding hydrogens is 190 g/mol. The van der Waals surface area contributed by atoms with Gasteiger partial charge in [-0.25, -0.2) is 4.79 Å². The van der Waals surface area contributed by atoms with E-state index >= 15 is 0 Å². The topological polar surface area (TPSA) is 38.3 Å². The minimum Gasteiger partial charge on any atom is -0.447 e. The van der Waals surface area contributed by atoms with Crippen LogP contribution >= 0.6 is 0 Å². The van der Waals surface area contributed by atoms with Crippen LogP contribution in [0.2, 0.25) is 0 Å². The highest BCUT2D eigenvalue weighted by atomic mass is 16.6. The van der Waals surface area contributed by atoms with Crippen molar-refractivity contribution in [1.29, 1.82) is 0 Å². The Kier molecular flexibility index (Phi) is 4.92. The Balaban J connectivity index is 2.16. The van der Waals surface area contributed by atoms with Crippen molar-refractivity contribution in [2.24, 2.45) is 11.8 Å². The van der Waals surface area contributed by atoms with Crippen molar-refractivity contribution in [3.8, 4) is 0 Å². The van der Waals surface area contributed by atoms with Gasteiger partial charge in [0.05, 0.1) is 6.10 Å². The fourth-order valence-corrected chi connectivity index (χ4v) is 2.23. The van der Waals surface area contributed by atoms with E-state index in [1.165, 1.54) is 25.7 Å². The summed E-state index contributed by atoms with van der Waals surface area (Å²) in [5.74, 6) is 1.46. The largest absolute Gasteiger partial charge is 0.447 e. The molecule has 1 saturated carbocycles. The fraction of sp³-hybridized carbons (Fsp3) is 0.917. The molecule has 0 bridgehead atoms. The van der Waals surface area contributed by atoms with Gasteiger partial charge in [-0.3, -0.25) is 0 Å². The van der Waals surface area contributed by atoms with Crippen molar-refractivity contribution < 1.29 is 9.53 Å². The van der Waals surface area contributed by atoms with Crippen molar-refractivity contribution in [3.63, 3.8) is 0 Å². The minimum atomic E-state index is -0.275. The molecule has 3 heteroatoms. The van der Waals surface area contributed by atoms with E-state index in [1.807, 2.05) is 13.8 Å². The smallest absolute Gasteiger partial charge is 0.407 e. The Labute approximate surface area is 92.6 Å². The lowest BCUT2D eigenvalue weighted by Crippen LogP contribution is -2.33. The van der Waals surface area contributed by atoms with Crippen molar-refractivity contribution in [2.45, 2.75) is 52.6 Å². The van der Waals surface area contributed by atoms with E-state index < -0.39 is 0 Å². The molecule has 1 aliphatic carbocycles. The van der Waals surface area contributed by atoms with E-state index in [2.05, 4.69) is 12.2 Å². The summed E-state index contributed by atoms with van der Waals surface area (Å²) in [4.78, 5) is 11.2. The van der Waals surface area contributed by atoms with E-state index in [9.17, 15) is 4.79 Å². The molecule has 88 valence electrons. The lowest BCUT2D eigenvalue weighted by Gasteiger charge is -2.26. The van der Waals surface area contributed by atoms with Crippen LogP contribution in [0.25, 0.3) is 0 Å². The molecule has 0 radical (unpaired) electrons. The first-order chi connectivity index (χ1) is 7.08. The highest BCUT2D eigenvalue weighted by Gasteiger charge is 2.19. The molecule has 1 amide bonds. The van der Waals surface area contributed by atoms with Gasteiger partial charge in [-0.1, -0.05) is 19.8 Å². The quantitative estimate of drug-likeness (QED) is 0.782. The maximum atomic E-state index is 11.2. The predicted molar refractivity (Wildman–Crippen MR) is 60.7 cm³/mol. The third-order valence-corrected chi connectivity index (χ3v) is 2.92. The molecule has 0 aromatic heterocycles. The first-order valence-electron chi connectivity index (χ1n) is 6.02. The van der Waals surface area contributed by atoms with Gasteiger partial charge in [-0.15, -0.1) is 0 Å². The molecule has 3 nitrogen and oxygen atoms in total. The average molecular weight is 213 g/mol. The molecule has 0 aromatic rings. The van der Waals surface area contributed by atoms with Crippen LogP contribution in [-0.2, 0) is 4.74 Å². The van der Waals surface area contributed by atoms with Crippen molar-refractivity contribution in [2.75, 3.05) is 6.54 Å². The van der Waals surface area contributed by atoms with E-state index in [0.29, 0.717) is 5.92 Å². The third-order valence-electron chi connectivity index (χ3n) is 2.92. The summed E-state index contributed by atoms with van der Waals surface area (Å²) in [5.41, 5.74) is 0. The molecule has 15 heavy (non-hydrogen) atoms. The predicted octanol–water partition coefficient (Wildman–Crippen LogP) is 2.95. The number of hydrogen-bond donors (Lipinski definition) is 1. The average Bonchev–Trinajstić information content (AvgIpc) is 2.14. The third kappa shape index (κ3) is 5.05. The Morgan fingerprint density at radius 1 is 1.47 bits per heavy atom. The summed E-state index contributed by atoms with van der Waals surface area (Å²) in [5, 5.41) is 2.84. The van der Waals surface area contributed by atoms with Crippen LogP contribution in [0, 0.1) is 11.8 Å². The van der Waals surface area contributed by atoms with Crippen LogP contribution in [0.15, 0.2) is 0 Å². The number of alkyl carbamates (subject to hydrolysis) is 1. The van der Waals surface area contributed by atoms with Gasteiger partial charge in [0, 0.05) is 6.54 Å². The highest BCUT2D eigenvalue weighted by molar-refractivity contribution is 5.67.